The zero-order valence-corrected chi connectivity index (χ0v) is 18.9. The van der Waals surface area contributed by atoms with Crippen LogP contribution in [-0.4, -0.2) is 45.3 Å². The van der Waals surface area contributed by atoms with Gasteiger partial charge in [-0.05, 0) is 63.4 Å². The number of carbonyl (C=O) groups is 1. The van der Waals surface area contributed by atoms with Crippen LogP contribution in [0.2, 0.25) is 5.02 Å². The summed E-state index contributed by atoms with van der Waals surface area (Å²) in [5.41, 5.74) is 2.48. The molecule has 1 aliphatic heterocycles. The average Bonchev–Trinajstić information content (AvgIpc) is 3.06. The van der Waals surface area contributed by atoms with Gasteiger partial charge in [0.2, 0.25) is 0 Å². The van der Waals surface area contributed by atoms with Crippen molar-refractivity contribution in [2.45, 2.75) is 51.9 Å². The van der Waals surface area contributed by atoms with Crippen molar-refractivity contribution in [3.8, 4) is 6.01 Å². The molecule has 1 aromatic heterocycles. The molecule has 2 aromatic carbocycles. The number of imidazole rings is 1. The number of aromatic nitrogens is 2. The molecule has 6 nitrogen and oxygen atoms in total. The summed E-state index contributed by atoms with van der Waals surface area (Å²) >= 11 is 6.04. The van der Waals surface area contributed by atoms with Gasteiger partial charge in [-0.25, -0.2) is 4.79 Å². The molecule has 31 heavy (non-hydrogen) atoms. The Morgan fingerprint density at radius 1 is 1.16 bits per heavy atom. The van der Waals surface area contributed by atoms with E-state index in [9.17, 15) is 4.79 Å². The van der Waals surface area contributed by atoms with E-state index in [4.69, 9.17) is 26.1 Å². The first-order valence-electron chi connectivity index (χ1n) is 10.6. The molecule has 4 rings (SSSR count). The quantitative estimate of drug-likeness (QED) is 0.535. The van der Waals surface area contributed by atoms with Crippen LogP contribution in [0.3, 0.4) is 0 Å². The molecule has 0 radical (unpaired) electrons. The molecule has 164 valence electrons. The largest absolute Gasteiger partial charge is 0.459 e. The van der Waals surface area contributed by atoms with Gasteiger partial charge < -0.3 is 14.4 Å². The molecule has 7 heteroatoms. The van der Waals surface area contributed by atoms with E-state index in [1.165, 1.54) is 0 Å². The third-order valence-electron chi connectivity index (χ3n) is 5.18. The molecule has 0 aliphatic carbocycles. The third kappa shape index (κ3) is 5.31. The summed E-state index contributed by atoms with van der Waals surface area (Å²) in [6, 6.07) is 16.3. The van der Waals surface area contributed by atoms with Crippen molar-refractivity contribution in [2.24, 2.45) is 0 Å². The minimum absolute atomic E-state index is 0.137. The number of rotatable bonds is 4. The monoisotopic (exact) mass is 441 g/mol. The number of fused-ring (bicyclic) bond motifs is 1. The first-order valence-corrected chi connectivity index (χ1v) is 11.0. The van der Waals surface area contributed by atoms with Crippen LogP contribution in [-0.2, 0) is 11.3 Å². The standard InChI is InChI=1S/C24H28ClN3O3/c1-24(2,3)31-23(29)27-14-6-7-19(16-27)30-22-26-20-8-4-5-9-21(20)28(22)15-17-10-12-18(25)13-11-17/h4-5,8-13,19H,6-7,14-16H2,1-3H3. The lowest BCUT2D eigenvalue weighted by atomic mass is 10.1. The number of para-hydroxylation sites is 2. The number of carbonyl (C=O) groups excluding carboxylic acids is 1. The molecule has 0 spiro atoms. The molecule has 1 unspecified atom stereocenters. The summed E-state index contributed by atoms with van der Waals surface area (Å²) in [4.78, 5) is 19.0. The molecule has 1 aliphatic rings. The summed E-state index contributed by atoms with van der Waals surface area (Å²) in [6.45, 7) is 7.41. The number of hydrogen-bond acceptors (Lipinski definition) is 4. The lowest BCUT2D eigenvalue weighted by molar-refractivity contribution is 0.00626. The van der Waals surface area contributed by atoms with Crippen molar-refractivity contribution in [1.82, 2.24) is 14.5 Å². The fourth-order valence-electron chi connectivity index (χ4n) is 3.74. The predicted molar refractivity (Wildman–Crippen MR) is 122 cm³/mol. The Morgan fingerprint density at radius 3 is 2.65 bits per heavy atom. The molecule has 1 amide bonds. The number of nitrogens with zero attached hydrogens (tertiary/aromatic N) is 3. The Hall–Kier alpha value is -2.73. The normalized spacial score (nSPS) is 17.0. The van der Waals surface area contributed by atoms with E-state index in [0.717, 1.165) is 29.4 Å². The second kappa shape index (κ2) is 8.79. The molecule has 0 bridgehead atoms. The topological polar surface area (TPSA) is 56.6 Å². The van der Waals surface area contributed by atoms with E-state index >= 15 is 0 Å². The molecule has 2 heterocycles. The van der Waals surface area contributed by atoms with Gasteiger partial charge in [-0.15, -0.1) is 0 Å². The Morgan fingerprint density at radius 2 is 1.90 bits per heavy atom. The van der Waals surface area contributed by atoms with Gasteiger partial charge in [0.25, 0.3) is 6.01 Å². The van der Waals surface area contributed by atoms with Crippen LogP contribution in [0.4, 0.5) is 4.79 Å². The van der Waals surface area contributed by atoms with Crippen molar-refractivity contribution in [1.29, 1.82) is 0 Å². The van der Waals surface area contributed by atoms with E-state index in [1.54, 1.807) is 4.90 Å². The van der Waals surface area contributed by atoms with E-state index < -0.39 is 5.60 Å². The van der Waals surface area contributed by atoms with Gasteiger partial charge in [0.1, 0.15) is 11.7 Å². The van der Waals surface area contributed by atoms with E-state index in [2.05, 4.69) is 4.57 Å². The maximum absolute atomic E-state index is 12.5. The first-order chi connectivity index (χ1) is 14.8. The molecule has 3 aromatic rings. The lowest BCUT2D eigenvalue weighted by Gasteiger charge is -2.34. The molecular weight excluding hydrogens is 414 g/mol. The van der Waals surface area contributed by atoms with Gasteiger partial charge >= 0.3 is 6.09 Å². The Labute approximate surface area is 187 Å². The van der Waals surface area contributed by atoms with Crippen LogP contribution in [0.15, 0.2) is 48.5 Å². The summed E-state index contributed by atoms with van der Waals surface area (Å²) < 4.78 is 14.0. The van der Waals surface area contributed by atoms with Crippen molar-refractivity contribution >= 4 is 28.7 Å². The minimum Gasteiger partial charge on any atom is -0.459 e. The van der Waals surface area contributed by atoms with Gasteiger partial charge in [-0.1, -0.05) is 35.9 Å². The van der Waals surface area contributed by atoms with Crippen LogP contribution >= 0.6 is 11.6 Å². The first kappa shape index (κ1) is 21.5. The Balaban J connectivity index is 1.55. The van der Waals surface area contributed by atoms with Crippen LogP contribution in [0.5, 0.6) is 6.01 Å². The number of halogens is 1. The average molecular weight is 442 g/mol. The number of benzene rings is 2. The van der Waals surface area contributed by atoms with Crippen molar-refractivity contribution in [3.63, 3.8) is 0 Å². The van der Waals surface area contributed by atoms with Crippen molar-refractivity contribution < 1.29 is 14.3 Å². The van der Waals surface area contributed by atoms with Crippen LogP contribution < -0.4 is 4.74 Å². The number of piperidine rings is 1. The highest BCUT2D eigenvalue weighted by atomic mass is 35.5. The SMILES string of the molecule is CC(C)(C)OC(=O)N1CCCC(Oc2nc3ccccc3n2Cc2ccc(Cl)cc2)C1. The second-order valence-corrected chi connectivity index (χ2v) is 9.34. The van der Waals surface area contributed by atoms with E-state index in [0.29, 0.717) is 30.7 Å². The summed E-state index contributed by atoms with van der Waals surface area (Å²) in [5.74, 6) is 0. The zero-order valence-electron chi connectivity index (χ0n) is 18.2. The zero-order chi connectivity index (χ0) is 22.0. The third-order valence-corrected chi connectivity index (χ3v) is 5.43. The molecule has 1 atom stereocenters. The van der Waals surface area contributed by atoms with Crippen LogP contribution in [0.25, 0.3) is 11.0 Å². The van der Waals surface area contributed by atoms with Gasteiger partial charge in [0.15, 0.2) is 0 Å². The maximum Gasteiger partial charge on any atom is 0.410 e. The van der Waals surface area contributed by atoms with E-state index in [-0.39, 0.29) is 12.2 Å². The van der Waals surface area contributed by atoms with Gasteiger partial charge in [0.05, 0.1) is 24.1 Å². The number of likely N-dealkylation sites (tertiary alicyclic amines) is 1. The molecular formula is C24H28ClN3O3. The van der Waals surface area contributed by atoms with Crippen LogP contribution in [0, 0.1) is 0 Å². The van der Waals surface area contributed by atoms with Crippen molar-refractivity contribution in [3.05, 3.63) is 59.1 Å². The number of hydrogen-bond donors (Lipinski definition) is 0. The van der Waals surface area contributed by atoms with Gasteiger partial charge in [-0.2, -0.15) is 4.98 Å². The highest BCUT2D eigenvalue weighted by molar-refractivity contribution is 6.30. The van der Waals surface area contributed by atoms with Gasteiger partial charge in [0, 0.05) is 11.6 Å². The molecule has 0 N–H and O–H groups in total. The Bertz CT molecular complexity index is 1060. The number of ether oxygens (including phenoxy) is 2. The highest BCUT2D eigenvalue weighted by Gasteiger charge is 2.29. The maximum atomic E-state index is 12.5. The Kier molecular flexibility index (Phi) is 6.10. The smallest absolute Gasteiger partial charge is 0.410 e. The molecule has 1 saturated heterocycles. The fraction of sp³-hybridized carbons (Fsp3) is 0.417. The van der Waals surface area contributed by atoms with Gasteiger partial charge in [-0.3, -0.25) is 4.57 Å². The second-order valence-electron chi connectivity index (χ2n) is 8.90. The summed E-state index contributed by atoms with van der Waals surface area (Å²) in [5, 5.41) is 0.708. The highest BCUT2D eigenvalue weighted by Crippen LogP contribution is 2.26. The van der Waals surface area contributed by atoms with Crippen LogP contribution in [0.1, 0.15) is 39.2 Å². The molecule has 1 fully saturated rings. The summed E-state index contributed by atoms with van der Waals surface area (Å²) in [6.07, 6.45) is 1.29. The lowest BCUT2D eigenvalue weighted by Crippen LogP contribution is -2.46. The predicted octanol–water partition coefficient (Wildman–Crippen LogP) is 5.52. The van der Waals surface area contributed by atoms with Crippen molar-refractivity contribution in [2.75, 3.05) is 13.1 Å². The number of amides is 1. The molecule has 0 saturated carbocycles. The minimum atomic E-state index is -0.516. The summed E-state index contributed by atoms with van der Waals surface area (Å²) in [7, 11) is 0. The van der Waals surface area contributed by atoms with E-state index in [1.807, 2.05) is 69.3 Å². The fourth-order valence-corrected chi connectivity index (χ4v) is 3.87.